The van der Waals surface area contributed by atoms with Crippen molar-refractivity contribution in [3.05, 3.63) is 23.2 Å². The highest BCUT2D eigenvalue weighted by Crippen LogP contribution is 2.28. The van der Waals surface area contributed by atoms with Crippen molar-refractivity contribution < 1.29 is 4.42 Å². The molecule has 0 bridgehead atoms. The van der Waals surface area contributed by atoms with Gasteiger partial charge in [0.2, 0.25) is 0 Å². The molecule has 1 aliphatic carbocycles. The molecule has 1 N–H and O–H groups in total. The molecule has 16 heavy (non-hydrogen) atoms. The van der Waals surface area contributed by atoms with Crippen molar-refractivity contribution >= 4 is 0 Å². The van der Waals surface area contributed by atoms with Crippen molar-refractivity contribution in [1.82, 2.24) is 5.32 Å². The van der Waals surface area contributed by atoms with Crippen molar-refractivity contribution in [3.63, 3.8) is 0 Å². The van der Waals surface area contributed by atoms with Crippen molar-refractivity contribution in [3.8, 4) is 0 Å². The van der Waals surface area contributed by atoms with Crippen LogP contribution in [0.15, 0.2) is 10.5 Å². The molecule has 2 nitrogen and oxygen atoms in total. The van der Waals surface area contributed by atoms with Crippen LogP contribution in [-0.2, 0) is 6.54 Å². The van der Waals surface area contributed by atoms with E-state index in [1.165, 1.54) is 31.2 Å². The molecule has 0 aliphatic heterocycles. The Morgan fingerprint density at radius 3 is 2.75 bits per heavy atom. The summed E-state index contributed by atoms with van der Waals surface area (Å²) in [4.78, 5) is 0. The second kappa shape index (κ2) is 5.05. The molecule has 0 radical (unpaired) electrons. The number of furan rings is 1. The van der Waals surface area contributed by atoms with E-state index >= 15 is 0 Å². The fourth-order valence-electron chi connectivity index (χ4n) is 2.74. The molecule has 1 aromatic rings. The topological polar surface area (TPSA) is 25.2 Å². The van der Waals surface area contributed by atoms with E-state index < -0.39 is 0 Å². The summed E-state index contributed by atoms with van der Waals surface area (Å²) in [5.41, 5.74) is 1.32. The van der Waals surface area contributed by atoms with Gasteiger partial charge in [0, 0.05) is 18.2 Å². The van der Waals surface area contributed by atoms with E-state index in [2.05, 4.69) is 18.3 Å². The molecule has 0 saturated heterocycles. The second-order valence-electron chi connectivity index (χ2n) is 5.10. The normalized spacial score (nSPS) is 25.2. The van der Waals surface area contributed by atoms with E-state index in [1.54, 1.807) is 0 Å². The molecule has 2 rings (SSSR count). The standard InChI is InChI=1S/C14H23NO/c1-4-12-5-6-14(8-12)15-9-13-7-10(2)16-11(13)3/h7,12,14-15H,4-6,8-9H2,1-3H3. The molecule has 1 aliphatic rings. The van der Waals surface area contributed by atoms with Crippen molar-refractivity contribution in [2.75, 3.05) is 0 Å². The first-order valence-electron chi connectivity index (χ1n) is 6.48. The summed E-state index contributed by atoms with van der Waals surface area (Å²) < 4.78 is 5.53. The van der Waals surface area contributed by atoms with Crippen LogP contribution in [0.25, 0.3) is 0 Å². The van der Waals surface area contributed by atoms with Gasteiger partial charge in [-0.3, -0.25) is 0 Å². The number of aryl methyl sites for hydroxylation is 2. The molecule has 0 aromatic carbocycles. The van der Waals surface area contributed by atoms with Crippen molar-refractivity contribution in [1.29, 1.82) is 0 Å². The number of hydrogen-bond acceptors (Lipinski definition) is 2. The van der Waals surface area contributed by atoms with Crippen LogP contribution >= 0.6 is 0 Å². The van der Waals surface area contributed by atoms with Crippen LogP contribution in [0.3, 0.4) is 0 Å². The van der Waals surface area contributed by atoms with Gasteiger partial charge < -0.3 is 9.73 Å². The Morgan fingerprint density at radius 1 is 1.38 bits per heavy atom. The highest BCUT2D eigenvalue weighted by molar-refractivity contribution is 5.19. The molecule has 1 heterocycles. The summed E-state index contributed by atoms with van der Waals surface area (Å²) in [7, 11) is 0. The van der Waals surface area contributed by atoms with Gasteiger partial charge in [-0.25, -0.2) is 0 Å². The lowest BCUT2D eigenvalue weighted by atomic mass is 10.1. The summed E-state index contributed by atoms with van der Waals surface area (Å²) in [6.07, 6.45) is 5.43. The minimum Gasteiger partial charge on any atom is -0.466 e. The van der Waals surface area contributed by atoms with E-state index in [0.29, 0.717) is 0 Å². The third kappa shape index (κ3) is 2.67. The van der Waals surface area contributed by atoms with E-state index in [-0.39, 0.29) is 0 Å². The van der Waals surface area contributed by atoms with Crippen molar-refractivity contribution in [2.45, 2.75) is 59.0 Å². The summed E-state index contributed by atoms with van der Waals surface area (Å²) in [6, 6.07) is 2.87. The molecule has 1 fully saturated rings. The predicted octanol–water partition coefficient (Wildman–Crippen LogP) is 3.56. The predicted molar refractivity (Wildman–Crippen MR) is 66.4 cm³/mol. The van der Waals surface area contributed by atoms with Gasteiger partial charge >= 0.3 is 0 Å². The summed E-state index contributed by atoms with van der Waals surface area (Å²) >= 11 is 0. The zero-order chi connectivity index (χ0) is 11.5. The maximum absolute atomic E-state index is 5.53. The Morgan fingerprint density at radius 2 is 2.19 bits per heavy atom. The quantitative estimate of drug-likeness (QED) is 0.841. The molecule has 2 atom stereocenters. The van der Waals surface area contributed by atoms with E-state index in [1.807, 2.05) is 13.8 Å². The van der Waals surface area contributed by atoms with E-state index in [9.17, 15) is 0 Å². The SMILES string of the molecule is CCC1CCC(NCc2cc(C)oc2C)C1. The lowest BCUT2D eigenvalue weighted by Crippen LogP contribution is -2.25. The lowest BCUT2D eigenvalue weighted by molar-refractivity contribution is 0.469. The minimum atomic E-state index is 0.722. The molecule has 0 spiro atoms. The largest absolute Gasteiger partial charge is 0.466 e. The van der Waals surface area contributed by atoms with Gasteiger partial charge in [0.15, 0.2) is 0 Å². The Balaban J connectivity index is 1.82. The molecular weight excluding hydrogens is 198 g/mol. The zero-order valence-electron chi connectivity index (χ0n) is 10.7. The first-order valence-corrected chi connectivity index (χ1v) is 6.48. The van der Waals surface area contributed by atoms with Gasteiger partial charge in [0.25, 0.3) is 0 Å². The van der Waals surface area contributed by atoms with Gasteiger partial charge in [-0.1, -0.05) is 13.3 Å². The van der Waals surface area contributed by atoms with Crippen LogP contribution < -0.4 is 5.32 Å². The van der Waals surface area contributed by atoms with E-state index in [4.69, 9.17) is 4.42 Å². The van der Waals surface area contributed by atoms with Gasteiger partial charge in [0.1, 0.15) is 11.5 Å². The Bertz CT molecular complexity index is 343. The molecule has 90 valence electrons. The average Bonchev–Trinajstić information content (AvgIpc) is 2.82. The Hall–Kier alpha value is -0.760. The Labute approximate surface area is 98.4 Å². The third-order valence-corrected chi connectivity index (χ3v) is 3.84. The van der Waals surface area contributed by atoms with Crippen LogP contribution in [-0.4, -0.2) is 6.04 Å². The summed E-state index contributed by atoms with van der Waals surface area (Å²) in [6.45, 7) is 7.33. The second-order valence-corrected chi connectivity index (χ2v) is 5.10. The molecule has 2 heteroatoms. The Kier molecular flexibility index (Phi) is 3.70. The fourth-order valence-corrected chi connectivity index (χ4v) is 2.74. The van der Waals surface area contributed by atoms with Crippen LogP contribution in [0.1, 0.15) is 49.7 Å². The number of rotatable bonds is 4. The minimum absolute atomic E-state index is 0.722. The van der Waals surface area contributed by atoms with Gasteiger partial charge in [-0.15, -0.1) is 0 Å². The van der Waals surface area contributed by atoms with Crippen LogP contribution in [0.5, 0.6) is 0 Å². The van der Waals surface area contributed by atoms with Crippen LogP contribution in [0.2, 0.25) is 0 Å². The molecule has 1 saturated carbocycles. The molecular formula is C14H23NO. The highest BCUT2D eigenvalue weighted by Gasteiger charge is 2.22. The fraction of sp³-hybridized carbons (Fsp3) is 0.714. The summed E-state index contributed by atoms with van der Waals surface area (Å²) in [5.74, 6) is 3.03. The van der Waals surface area contributed by atoms with Crippen molar-refractivity contribution in [2.24, 2.45) is 5.92 Å². The van der Waals surface area contributed by atoms with Crippen LogP contribution in [0.4, 0.5) is 0 Å². The first-order chi connectivity index (χ1) is 7.69. The smallest absolute Gasteiger partial charge is 0.105 e. The van der Waals surface area contributed by atoms with E-state index in [0.717, 1.165) is 30.0 Å². The first kappa shape index (κ1) is 11.7. The van der Waals surface area contributed by atoms with Gasteiger partial charge in [0.05, 0.1) is 0 Å². The molecule has 1 aromatic heterocycles. The maximum Gasteiger partial charge on any atom is 0.105 e. The highest BCUT2D eigenvalue weighted by atomic mass is 16.3. The third-order valence-electron chi connectivity index (χ3n) is 3.84. The molecule has 2 unspecified atom stereocenters. The number of hydrogen-bond donors (Lipinski definition) is 1. The average molecular weight is 221 g/mol. The maximum atomic E-state index is 5.53. The monoisotopic (exact) mass is 221 g/mol. The van der Waals surface area contributed by atoms with Gasteiger partial charge in [-0.05, 0) is 45.1 Å². The van der Waals surface area contributed by atoms with Gasteiger partial charge in [-0.2, -0.15) is 0 Å². The van der Waals surface area contributed by atoms with Crippen LogP contribution in [0, 0.1) is 19.8 Å². The lowest BCUT2D eigenvalue weighted by Gasteiger charge is -2.12. The molecule has 0 amide bonds. The number of nitrogens with one attached hydrogen (secondary N) is 1. The zero-order valence-corrected chi connectivity index (χ0v) is 10.7. The summed E-state index contributed by atoms with van der Waals surface area (Å²) in [5, 5.41) is 3.66.